The standard InChI is InChI=1S/C9H14F2N2/c1-8(2,3)13-5-7(12-6-13)9(4,10)11/h5-6H,1-4H3. The van der Waals surface area contributed by atoms with Gasteiger partial charge in [0.1, 0.15) is 5.69 Å². The molecule has 0 bridgehead atoms. The van der Waals surface area contributed by atoms with Crippen molar-refractivity contribution in [2.24, 2.45) is 0 Å². The maximum absolute atomic E-state index is 12.8. The van der Waals surface area contributed by atoms with Crippen LogP contribution >= 0.6 is 0 Å². The van der Waals surface area contributed by atoms with Crippen LogP contribution in [0.15, 0.2) is 12.5 Å². The smallest absolute Gasteiger partial charge is 0.288 e. The Kier molecular flexibility index (Phi) is 2.18. The molecular formula is C9H14F2N2. The summed E-state index contributed by atoms with van der Waals surface area (Å²) in [5.41, 5.74) is -0.376. The summed E-state index contributed by atoms with van der Waals surface area (Å²) in [6, 6.07) is 0. The molecule has 0 aliphatic rings. The third-order valence-corrected chi connectivity index (χ3v) is 1.81. The maximum atomic E-state index is 12.8. The van der Waals surface area contributed by atoms with E-state index in [1.807, 2.05) is 20.8 Å². The van der Waals surface area contributed by atoms with Crippen LogP contribution in [0.2, 0.25) is 0 Å². The van der Waals surface area contributed by atoms with Crippen LogP contribution in [0.4, 0.5) is 8.78 Å². The molecule has 0 atom stereocenters. The van der Waals surface area contributed by atoms with Crippen molar-refractivity contribution < 1.29 is 8.78 Å². The molecule has 0 aliphatic heterocycles. The van der Waals surface area contributed by atoms with E-state index in [2.05, 4.69) is 4.98 Å². The number of nitrogens with zero attached hydrogens (tertiary/aromatic N) is 2. The van der Waals surface area contributed by atoms with Crippen molar-refractivity contribution in [2.75, 3.05) is 0 Å². The van der Waals surface area contributed by atoms with Gasteiger partial charge in [-0.2, -0.15) is 8.78 Å². The van der Waals surface area contributed by atoms with E-state index in [1.54, 1.807) is 4.57 Å². The summed E-state index contributed by atoms with van der Waals surface area (Å²) in [5.74, 6) is -2.85. The first-order valence-electron chi connectivity index (χ1n) is 4.14. The summed E-state index contributed by atoms with van der Waals surface area (Å²) in [5, 5.41) is 0. The fraction of sp³-hybridized carbons (Fsp3) is 0.667. The monoisotopic (exact) mass is 188 g/mol. The van der Waals surface area contributed by atoms with Crippen molar-refractivity contribution >= 4 is 0 Å². The highest BCUT2D eigenvalue weighted by atomic mass is 19.3. The Hall–Kier alpha value is -0.930. The normalized spacial score (nSPS) is 13.4. The molecule has 0 saturated carbocycles. The van der Waals surface area contributed by atoms with Crippen LogP contribution in [0, 0.1) is 0 Å². The van der Waals surface area contributed by atoms with Gasteiger partial charge in [0.15, 0.2) is 0 Å². The molecule has 0 spiro atoms. The lowest BCUT2D eigenvalue weighted by Gasteiger charge is -2.20. The van der Waals surface area contributed by atoms with Gasteiger partial charge in [-0.25, -0.2) is 4.98 Å². The molecule has 1 rings (SSSR count). The number of rotatable bonds is 1. The molecule has 0 fully saturated rings. The zero-order chi connectivity index (χ0) is 10.3. The molecule has 0 aliphatic carbocycles. The zero-order valence-electron chi connectivity index (χ0n) is 8.31. The predicted molar refractivity (Wildman–Crippen MR) is 46.8 cm³/mol. The lowest BCUT2D eigenvalue weighted by molar-refractivity contribution is 0.0130. The van der Waals surface area contributed by atoms with Crippen LogP contribution in [-0.2, 0) is 11.5 Å². The number of aromatic nitrogens is 2. The van der Waals surface area contributed by atoms with Crippen LogP contribution in [-0.4, -0.2) is 9.55 Å². The Labute approximate surface area is 76.6 Å². The Bertz CT molecular complexity index is 263. The van der Waals surface area contributed by atoms with Crippen molar-refractivity contribution in [3.05, 3.63) is 18.2 Å². The molecule has 0 N–H and O–H groups in total. The molecule has 2 nitrogen and oxygen atoms in total. The second kappa shape index (κ2) is 2.79. The summed E-state index contributed by atoms with van der Waals surface area (Å²) in [4.78, 5) is 3.67. The Morgan fingerprint density at radius 1 is 1.23 bits per heavy atom. The summed E-state index contributed by atoms with van der Waals surface area (Å²) in [7, 11) is 0. The molecule has 0 unspecified atom stereocenters. The van der Waals surface area contributed by atoms with Gasteiger partial charge in [0, 0.05) is 18.7 Å². The van der Waals surface area contributed by atoms with Crippen LogP contribution in [0.5, 0.6) is 0 Å². The number of imidazole rings is 1. The second-order valence-corrected chi connectivity index (χ2v) is 4.23. The fourth-order valence-corrected chi connectivity index (χ4v) is 0.916. The van der Waals surface area contributed by atoms with Crippen LogP contribution in [0.3, 0.4) is 0 Å². The van der Waals surface area contributed by atoms with Crippen molar-refractivity contribution in [2.45, 2.75) is 39.2 Å². The molecular weight excluding hydrogens is 174 g/mol. The molecule has 0 radical (unpaired) electrons. The molecule has 1 heterocycles. The number of hydrogen-bond donors (Lipinski definition) is 0. The van der Waals surface area contributed by atoms with Crippen LogP contribution < -0.4 is 0 Å². The van der Waals surface area contributed by atoms with E-state index in [9.17, 15) is 8.78 Å². The van der Waals surface area contributed by atoms with E-state index >= 15 is 0 Å². The Balaban J connectivity index is 3.01. The van der Waals surface area contributed by atoms with Crippen LogP contribution in [0.1, 0.15) is 33.4 Å². The zero-order valence-corrected chi connectivity index (χ0v) is 8.31. The van der Waals surface area contributed by atoms with E-state index in [0.717, 1.165) is 6.92 Å². The highest BCUT2D eigenvalue weighted by molar-refractivity contribution is 5.05. The molecule has 0 aromatic carbocycles. The largest absolute Gasteiger partial charge is 0.332 e. The minimum atomic E-state index is -2.85. The highest BCUT2D eigenvalue weighted by Gasteiger charge is 2.28. The van der Waals surface area contributed by atoms with Gasteiger partial charge in [-0.05, 0) is 20.8 Å². The lowest BCUT2D eigenvalue weighted by Crippen LogP contribution is -2.20. The third kappa shape index (κ3) is 2.26. The van der Waals surface area contributed by atoms with E-state index in [4.69, 9.17) is 0 Å². The average Bonchev–Trinajstić information content (AvgIpc) is 2.28. The minimum Gasteiger partial charge on any atom is -0.332 e. The summed E-state index contributed by atoms with van der Waals surface area (Å²) >= 11 is 0. The number of halogens is 2. The number of alkyl halides is 2. The quantitative estimate of drug-likeness (QED) is 0.662. The molecule has 1 aromatic heterocycles. The first-order valence-corrected chi connectivity index (χ1v) is 4.14. The SMILES string of the molecule is CC(F)(F)c1cn(C(C)(C)C)cn1. The van der Waals surface area contributed by atoms with Crippen molar-refractivity contribution in [3.8, 4) is 0 Å². The molecule has 0 amide bonds. The summed E-state index contributed by atoms with van der Waals surface area (Å²) < 4.78 is 27.2. The van der Waals surface area contributed by atoms with Crippen LogP contribution in [0.25, 0.3) is 0 Å². The van der Waals surface area contributed by atoms with Gasteiger partial charge in [0.25, 0.3) is 5.92 Å². The van der Waals surface area contributed by atoms with E-state index in [1.165, 1.54) is 12.5 Å². The molecule has 0 saturated heterocycles. The fourth-order valence-electron chi connectivity index (χ4n) is 0.916. The topological polar surface area (TPSA) is 17.8 Å². The molecule has 4 heteroatoms. The first-order chi connectivity index (χ1) is 5.71. The van der Waals surface area contributed by atoms with Gasteiger partial charge in [-0.1, -0.05) is 0 Å². The Morgan fingerprint density at radius 2 is 1.77 bits per heavy atom. The maximum Gasteiger partial charge on any atom is 0.288 e. The van der Waals surface area contributed by atoms with E-state index in [0.29, 0.717) is 0 Å². The second-order valence-electron chi connectivity index (χ2n) is 4.23. The van der Waals surface area contributed by atoms with Gasteiger partial charge < -0.3 is 4.57 Å². The molecule has 74 valence electrons. The van der Waals surface area contributed by atoms with Gasteiger partial charge in [-0.3, -0.25) is 0 Å². The first kappa shape index (κ1) is 10.2. The third-order valence-electron chi connectivity index (χ3n) is 1.81. The number of hydrogen-bond acceptors (Lipinski definition) is 1. The van der Waals surface area contributed by atoms with Crippen molar-refractivity contribution in [1.29, 1.82) is 0 Å². The van der Waals surface area contributed by atoms with E-state index in [-0.39, 0.29) is 11.2 Å². The minimum absolute atomic E-state index is 0.178. The summed E-state index contributed by atoms with van der Waals surface area (Å²) in [6.07, 6.45) is 2.83. The molecule has 13 heavy (non-hydrogen) atoms. The van der Waals surface area contributed by atoms with Gasteiger partial charge in [0.05, 0.1) is 6.33 Å². The summed E-state index contributed by atoms with van der Waals surface area (Å²) in [6.45, 7) is 6.66. The highest BCUT2D eigenvalue weighted by Crippen LogP contribution is 2.26. The van der Waals surface area contributed by atoms with Gasteiger partial charge >= 0.3 is 0 Å². The van der Waals surface area contributed by atoms with Crippen molar-refractivity contribution in [3.63, 3.8) is 0 Å². The predicted octanol–water partition coefficient (Wildman–Crippen LogP) is 2.75. The van der Waals surface area contributed by atoms with E-state index < -0.39 is 5.92 Å². The Morgan fingerprint density at radius 3 is 2.00 bits per heavy atom. The molecule has 1 aromatic rings. The average molecular weight is 188 g/mol. The van der Waals surface area contributed by atoms with Gasteiger partial charge in [0.2, 0.25) is 0 Å². The lowest BCUT2D eigenvalue weighted by atomic mass is 10.1. The van der Waals surface area contributed by atoms with Gasteiger partial charge in [-0.15, -0.1) is 0 Å². The van der Waals surface area contributed by atoms with Crippen molar-refractivity contribution in [1.82, 2.24) is 9.55 Å².